The lowest BCUT2D eigenvalue weighted by molar-refractivity contribution is 0.102. The SMILES string of the molecule is O=C(Nc1nnc(SCC2CC2)s1)c1cccc(Cl)c1. The van der Waals surface area contributed by atoms with E-state index < -0.39 is 0 Å². The van der Waals surface area contributed by atoms with E-state index in [1.54, 1.807) is 36.0 Å². The van der Waals surface area contributed by atoms with Crippen molar-refractivity contribution in [3.05, 3.63) is 34.9 Å². The van der Waals surface area contributed by atoms with Crippen LogP contribution >= 0.6 is 34.7 Å². The molecule has 2 aromatic rings. The number of halogens is 1. The van der Waals surface area contributed by atoms with E-state index in [1.165, 1.54) is 24.2 Å². The minimum atomic E-state index is -0.220. The third-order valence-corrected chi connectivity index (χ3v) is 5.29. The molecule has 1 amide bonds. The number of hydrogen-bond donors (Lipinski definition) is 1. The highest BCUT2D eigenvalue weighted by molar-refractivity contribution is 8.01. The first-order valence-electron chi connectivity index (χ1n) is 6.24. The summed E-state index contributed by atoms with van der Waals surface area (Å²) in [5.41, 5.74) is 0.514. The van der Waals surface area contributed by atoms with Crippen LogP contribution in [0.3, 0.4) is 0 Å². The van der Waals surface area contributed by atoms with E-state index in [0.29, 0.717) is 15.7 Å². The van der Waals surface area contributed by atoms with Crippen LogP contribution in [0, 0.1) is 5.92 Å². The standard InChI is InChI=1S/C13H12ClN3OS2/c14-10-3-1-2-9(6-10)11(18)15-12-16-17-13(20-12)19-7-8-4-5-8/h1-3,6,8H,4-5,7H2,(H,15,16,18). The van der Waals surface area contributed by atoms with Gasteiger partial charge in [0.1, 0.15) is 0 Å². The second-order valence-corrected chi connectivity index (χ2v) is 7.27. The monoisotopic (exact) mass is 325 g/mol. The van der Waals surface area contributed by atoms with Crippen LogP contribution in [0.4, 0.5) is 5.13 Å². The fourth-order valence-electron chi connectivity index (χ4n) is 1.59. The molecular formula is C13H12ClN3OS2. The molecule has 4 nitrogen and oxygen atoms in total. The van der Waals surface area contributed by atoms with Crippen LogP contribution in [-0.4, -0.2) is 21.9 Å². The molecular weight excluding hydrogens is 314 g/mol. The highest BCUT2D eigenvalue weighted by Gasteiger charge is 2.22. The number of hydrogen-bond acceptors (Lipinski definition) is 5. The molecule has 1 saturated carbocycles. The van der Waals surface area contributed by atoms with Crippen molar-refractivity contribution in [3.63, 3.8) is 0 Å². The van der Waals surface area contributed by atoms with Crippen molar-refractivity contribution in [2.75, 3.05) is 11.1 Å². The normalized spacial score (nSPS) is 14.2. The van der Waals surface area contributed by atoms with Crippen molar-refractivity contribution in [1.29, 1.82) is 0 Å². The molecule has 0 atom stereocenters. The maximum absolute atomic E-state index is 12.0. The van der Waals surface area contributed by atoms with Gasteiger partial charge in [0.05, 0.1) is 0 Å². The van der Waals surface area contributed by atoms with Gasteiger partial charge < -0.3 is 0 Å². The molecule has 1 N–H and O–H groups in total. The van der Waals surface area contributed by atoms with Crippen molar-refractivity contribution in [3.8, 4) is 0 Å². The van der Waals surface area contributed by atoms with Gasteiger partial charge in [0, 0.05) is 16.3 Å². The molecule has 1 heterocycles. The average Bonchev–Trinajstić information content (AvgIpc) is 3.16. The van der Waals surface area contributed by atoms with Crippen LogP contribution in [0.5, 0.6) is 0 Å². The van der Waals surface area contributed by atoms with Gasteiger partial charge in [-0.05, 0) is 37.0 Å². The highest BCUT2D eigenvalue weighted by atomic mass is 35.5. The maximum Gasteiger partial charge on any atom is 0.257 e. The Labute approximate surface area is 129 Å². The van der Waals surface area contributed by atoms with Crippen LogP contribution in [0.15, 0.2) is 28.6 Å². The molecule has 0 unspecified atom stereocenters. The number of amides is 1. The van der Waals surface area contributed by atoms with E-state index in [2.05, 4.69) is 15.5 Å². The maximum atomic E-state index is 12.0. The molecule has 104 valence electrons. The summed E-state index contributed by atoms with van der Waals surface area (Å²) in [6.45, 7) is 0. The molecule has 1 aromatic carbocycles. The highest BCUT2D eigenvalue weighted by Crippen LogP contribution is 2.36. The first-order chi connectivity index (χ1) is 9.70. The van der Waals surface area contributed by atoms with Gasteiger partial charge in [-0.15, -0.1) is 10.2 Å². The van der Waals surface area contributed by atoms with Gasteiger partial charge in [0.25, 0.3) is 5.91 Å². The first-order valence-corrected chi connectivity index (χ1v) is 8.42. The molecule has 7 heteroatoms. The fourth-order valence-corrected chi connectivity index (χ4v) is 3.74. The number of anilines is 1. The Morgan fingerprint density at radius 3 is 3.05 bits per heavy atom. The van der Waals surface area contributed by atoms with Gasteiger partial charge >= 0.3 is 0 Å². The average molecular weight is 326 g/mol. The summed E-state index contributed by atoms with van der Waals surface area (Å²) < 4.78 is 0.901. The van der Waals surface area contributed by atoms with Crippen molar-refractivity contribution >= 4 is 45.7 Å². The van der Waals surface area contributed by atoms with Gasteiger partial charge in [0.15, 0.2) is 4.34 Å². The minimum absolute atomic E-state index is 0.220. The molecule has 20 heavy (non-hydrogen) atoms. The lowest BCUT2D eigenvalue weighted by Gasteiger charge is -2.00. The summed E-state index contributed by atoms with van der Waals surface area (Å²) in [6, 6.07) is 6.82. The third kappa shape index (κ3) is 3.71. The van der Waals surface area contributed by atoms with E-state index in [-0.39, 0.29) is 5.91 Å². The summed E-state index contributed by atoms with van der Waals surface area (Å²) >= 11 is 8.98. The number of carbonyl (C=O) groups excluding carboxylic acids is 1. The molecule has 0 radical (unpaired) electrons. The Bertz CT molecular complexity index is 628. The fraction of sp³-hybridized carbons (Fsp3) is 0.308. The number of carbonyl (C=O) groups is 1. The molecule has 0 bridgehead atoms. The van der Waals surface area contributed by atoms with E-state index >= 15 is 0 Å². The van der Waals surface area contributed by atoms with E-state index in [4.69, 9.17) is 11.6 Å². The number of rotatable bonds is 5. The Morgan fingerprint density at radius 2 is 2.30 bits per heavy atom. The van der Waals surface area contributed by atoms with Crippen LogP contribution in [0.25, 0.3) is 0 Å². The van der Waals surface area contributed by atoms with Crippen LogP contribution in [-0.2, 0) is 0 Å². The van der Waals surface area contributed by atoms with E-state index in [9.17, 15) is 4.79 Å². The smallest absolute Gasteiger partial charge is 0.257 e. The first kappa shape index (κ1) is 13.9. The van der Waals surface area contributed by atoms with E-state index in [1.807, 2.05) is 0 Å². The number of nitrogens with one attached hydrogen (secondary N) is 1. The Kier molecular flexibility index (Phi) is 4.24. The second kappa shape index (κ2) is 6.11. The van der Waals surface area contributed by atoms with Gasteiger partial charge in [-0.2, -0.15) is 0 Å². The molecule has 0 aliphatic heterocycles. The quantitative estimate of drug-likeness (QED) is 0.668. The number of benzene rings is 1. The minimum Gasteiger partial charge on any atom is -0.296 e. The summed E-state index contributed by atoms with van der Waals surface area (Å²) in [5.74, 6) is 1.72. The Morgan fingerprint density at radius 1 is 1.45 bits per heavy atom. The summed E-state index contributed by atoms with van der Waals surface area (Å²) in [6.07, 6.45) is 2.65. The molecule has 0 saturated heterocycles. The van der Waals surface area contributed by atoms with Crippen molar-refractivity contribution < 1.29 is 4.79 Å². The van der Waals surface area contributed by atoms with E-state index in [0.717, 1.165) is 16.0 Å². The molecule has 3 rings (SSSR count). The molecule has 1 aliphatic rings. The molecule has 1 fully saturated rings. The van der Waals surface area contributed by atoms with Crippen molar-refractivity contribution in [1.82, 2.24) is 10.2 Å². The lowest BCUT2D eigenvalue weighted by atomic mass is 10.2. The number of aromatic nitrogens is 2. The topological polar surface area (TPSA) is 54.9 Å². The Hall–Kier alpha value is -1.11. The van der Waals surface area contributed by atoms with Crippen molar-refractivity contribution in [2.45, 2.75) is 17.2 Å². The number of nitrogens with zero attached hydrogens (tertiary/aromatic N) is 2. The second-order valence-electron chi connectivity index (χ2n) is 4.59. The van der Waals surface area contributed by atoms with Crippen molar-refractivity contribution in [2.24, 2.45) is 5.92 Å². The lowest BCUT2D eigenvalue weighted by Crippen LogP contribution is -2.11. The summed E-state index contributed by atoms with van der Waals surface area (Å²) in [4.78, 5) is 12.0. The Balaban J connectivity index is 1.60. The summed E-state index contributed by atoms with van der Waals surface area (Å²) in [7, 11) is 0. The summed E-state index contributed by atoms with van der Waals surface area (Å²) in [5, 5.41) is 11.9. The largest absolute Gasteiger partial charge is 0.296 e. The zero-order valence-corrected chi connectivity index (χ0v) is 12.9. The third-order valence-electron chi connectivity index (χ3n) is 2.85. The molecule has 0 spiro atoms. The zero-order chi connectivity index (χ0) is 13.9. The van der Waals surface area contributed by atoms with Crippen LogP contribution < -0.4 is 5.32 Å². The predicted octanol–water partition coefficient (Wildman–Crippen LogP) is 3.95. The number of thioether (sulfide) groups is 1. The zero-order valence-electron chi connectivity index (χ0n) is 10.5. The van der Waals surface area contributed by atoms with Gasteiger partial charge in [0.2, 0.25) is 5.13 Å². The van der Waals surface area contributed by atoms with Gasteiger partial charge in [-0.1, -0.05) is 40.8 Å². The van der Waals surface area contributed by atoms with Gasteiger partial charge in [-0.3, -0.25) is 10.1 Å². The van der Waals surface area contributed by atoms with Crippen LogP contribution in [0.1, 0.15) is 23.2 Å². The van der Waals surface area contributed by atoms with Crippen LogP contribution in [0.2, 0.25) is 5.02 Å². The predicted molar refractivity (Wildman–Crippen MR) is 82.8 cm³/mol. The van der Waals surface area contributed by atoms with Gasteiger partial charge in [-0.25, -0.2) is 0 Å². The molecule has 1 aliphatic carbocycles. The molecule has 1 aromatic heterocycles.